The van der Waals surface area contributed by atoms with E-state index >= 15 is 0 Å². The maximum atomic E-state index is 12.1. The Morgan fingerprint density at radius 1 is 1.14 bits per heavy atom. The van der Waals surface area contributed by atoms with Gasteiger partial charge in [-0.15, -0.1) is 0 Å². The topological polar surface area (TPSA) is 75.6 Å². The largest absolute Gasteiger partial charge is 0.480 e. The van der Waals surface area contributed by atoms with Crippen LogP contribution in [0.15, 0.2) is 24.3 Å². The summed E-state index contributed by atoms with van der Waals surface area (Å²) in [6, 6.07) is 6.13. The molecule has 122 valence electrons. The number of carbonyl (C=O) groups is 2. The number of hydrogen-bond acceptors (Lipinski definition) is 3. The molecule has 0 radical (unpaired) electrons. The van der Waals surface area contributed by atoms with E-state index in [2.05, 4.69) is 5.32 Å². The van der Waals surface area contributed by atoms with Crippen LogP contribution in [0, 0.1) is 5.92 Å². The van der Waals surface area contributed by atoms with Crippen molar-refractivity contribution in [1.82, 2.24) is 5.32 Å². The van der Waals surface area contributed by atoms with Crippen LogP contribution in [-0.4, -0.2) is 29.1 Å². The van der Waals surface area contributed by atoms with Crippen molar-refractivity contribution in [1.29, 1.82) is 0 Å². The Morgan fingerprint density at radius 2 is 1.73 bits per heavy atom. The molecule has 0 aromatic heterocycles. The van der Waals surface area contributed by atoms with Gasteiger partial charge in [-0.05, 0) is 43.9 Å². The van der Waals surface area contributed by atoms with Gasteiger partial charge in [-0.3, -0.25) is 4.79 Å². The van der Waals surface area contributed by atoms with Crippen molar-refractivity contribution >= 4 is 11.9 Å². The molecule has 1 rings (SSSR count). The van der Waals surface area contributed by atoms with Crippen molar-refractivity contribution in [2.45, 2.75) is 52.9 Å². The number of rotatable bonds is 8. The summed E-state index contributed by atoms with van der Waals surface area (Å²) in [6.07, 6.45) is 0.553. The van der Waals surface area contributed by atoms with Gasteiger partial charge in [0.25, 0.3) is 5.91 Å². The Hall–Kier alpha value is -1.88. The number of hydrogen-bond donors (Lipinski definition) is 2. The minimum Gasteiger partial charge on any atom is -0.480 e. The number of nitrogens with one attached hydrogen (secondary N) is 1. The van der Waals surface area contributed by atoms with Gasteiger partial charge in [-0.1, -0.05) is 26.0 Å². The number of aliphatic carboxylic acids is 1. The fourth-order valence-corrected chi connectivity index (χ4v) is 1.95. The van der Waals surface area contributed by atoms with E-state index in [9.17, 15) is 9.59 Å². The molecule has 5 heteroatoms. The van der Waals surface area contributed by atoms with E-state index in [0.717, 1.165) is 5.56 Å². The lowest BCUT2D eigenvalue weighted by molar-refractivity contribution is -0.139. The number of amides is 1. The molecule has 0 aliphatic rings. The second kappa shape index (κ2) is 8.54. The maximum Gasteiger partial charge on any atom is 0.326 e. The first-order valence-corrected chi connectivity index (χ1v) is 7.53. The van der Waals surface area contributed by atoms with E-state index in [1.807, 2.05) is 39.8 Å². The summed E-state index contributed by atoms with van der Waals surface area (Å²) in [5, 5.41) is 11.7. The first kappa shape index (κ1) is 18.2. The molecule has 0 fully saturated rings. The average molecular weight is 307 g/mol. The summed E-state index contributed by atoms with van der Waals surface area (Å²) in [4.78, 5) is 23.3. The third kappa shape index (κ3) is 6.26. The standard InChI is InChI=1S/C17H25NO4/c1-11(2)9-15(17(20)21)18-16(19)14-7-5-13(6-8-14)10-22-12(3)4/h5-8,11-12,15H,9-10H2,1-4H3,(H,18,19)(H,20,21). The van der Waals surface area contributed by atoms with Gasteiger partial charge in [0.05, 0.1) is 12.7 Å². The van der Waals surface area contributed by atoms with E-state index in [1.54, 1.807) is 12.1 Å². The summed E-state index contributed by atoms with van der Waals surface area (Å²) in [6.45, 7) is 8.26. The smallest absolute Gasteiger partial charge is 0.326 e. The van der Waals surface area contributed by atoms with Crippen molar-refractivity contribution in [2.75, 3.05) is 0 Å². The van der Waals surface area contributed by atoms with Gasteiger partial charge in [-0.2, -0.15) is 0 Å². The molecular formula is C17H25NO4. The highest BCUT2D eigenvalue weighted by molar-refractivity contribution is 5.96. The molecule has 0 spiro atoms. The molecule has 0 bridgehead atoms. The molecule has 1 unspecified atom stereocenters. The molecular weight excluding hydrogens is 282 g/mol. The fourth-order valence-electron chi connectivity index (χ4n) is 1.95. The van der Waals surface area contributed by atoms with Crippen molar-refractivity contribution in [3.63, 3.8) is 0 Å². The van der Waals surface area contributed by atoms with Gasteiger partial charge in [-0.25, -0.2) is 4.79 Å². The maximum absolute atomic E-state index is 12.1. The Morgan fingerprint density at radius 3 is 2.18 bits per heavy atom. The number of carbonyl (C=O) groups excluding carboxylic acids is 1. The van der Waals surface area contributed by atoms with Crippen molar-refractivity contribution in [3.05, 3.63) is 35.4 Å². The van der Waals surface area contributed by atoms with E-state index in [0.29, 0.717) is 18.6 Å². The Labute approximate surface area is 131 Å². The lowest BCUT2D eigenvalue weighted by atomic mass is 10.0. The highest BCUT2D eigenvalue weighted by atomic mass is 16.5. The summed E-state index contributed by atoms with van der Waals surface area (Å²) < 4.78 is 5.49. The van der Waals surface area contributed by atoms with Gasteiger partial charge < -0.3 is 15.2 Å². The number of carboxylic acids is 1. The molecule has 0 saturated heterocycles. The van der Waals surface area contributed by atoms with Crippen LogP contribution in [0.3, 0.4) is 0 Å². The van der Waals surface area contributed by atoms with Crippen LogP contribution in [0.25, 0.3) is 0 Å². The zero-order valence-corrected chi connectivity index (χ0v) is 13.6. The predicted molar refractivity (Wildman–Crippen MR) is 84.7 cm³/mol. The van der Waals surface area contributed by atoms with Crippen LogP contribution >= 0.6 is 0 Å². The van der Waals surface area contributed by atoms with Gasteiger partial charge in [0.1, 0.15) is 6.04 Å². The van der Waals surface area contributed by atoms with Crippen LogP contribution in [0.2, 0.25) is 0 Å². The van der Waals surface area contributed by atoms with E-state index in [1.165, 1.54) is 0 Å². The molecule has 2 N–H and O–H groups in total. The second-order valence-corrected chi connectivity index (χ2v) is 6.05. The Balaban J connectivity index is 2.66. The molecule has 0 heterocycles. The molecule has 5 nitrogen and oxygen atoms in total. The number of ether oxygens (including phenoxy) is 1. The summed E-state index contributed by atoms with van der Waals surface area (Å²) in [5.74, 6) is -1.19. The van der Waals surface area contributed by atoms with Crippen LogP contribution in [-0.2, 0) is 16.1 Å². The first-order chi connectivity index (χ1) is 10.3. The molecule has 1 amide bonds. The molecule has 22 heavy (non-hydrogen) atoms. The fraction of sp³-hybridized carbons (Fsp3) is 0.529. The quantitative estimate of drug-likeness (QED) is 0.774. The zero-order chi connectivity index (χ0) is 16.7. The molecule has 0 saturated carbocycles. The third-order valence-electron chi connectivity index (χ3n) is 3.11. The van der Waals surface area contributed by atoms with Gasteiger partial charge in [0.15, 0.2) is 0 Å². The van der Waals surface area contributed by atoms with Gasteiger partial charge in [0.2, 0.25) is 0 Å². The summed E-state index contributed by atoms with van der Waals surface area (Å²) in [5.41, 5.74) is 1.42. The first-order valence-electron chi connectivity index (χ1n) is 7.53. The summed E-state index contributed by atoms with van der Waals surface area (Å²) in [7, 11) is 0. The lowest BCUT2D eigenvalue weighted by Gasteiger charge is -2.16. The highest BCUT2D eigenvalue weighted by Gasteiger charge is 2.21. The number of carboxylic acid groups (broad SMARTS) is 1. The normalized spacial score (nSPS) is 12.5. The lowest BCUT2D eigenvalue weighted by Crippen LogP contribution is -2.41. The molecule has 0 aliphatic carbocycles. The Bertz CT molecular complexity index is 494. The minimum absolute atomic E-state index is 0.148. The second-order valence-electron chi connectivity index (χ2n) is 6.05. The molecule has 0 aliphatic heterocycles. The van der Waals surface area contributed by atoms with Crippen molar-refractivity contribution in [2.24, 2.45) is 5.92 Å². The summed E-state index contributed by atoms with van der Waals surface area (Å²) >= 11 is 0. The molecule has 1 atom stereocenters. The predicted octanol–water partition coefficient (Wildman–Crippen LogP) is 2.84. The van der Waals surface area contributed by atoms with Crippen LogP contribution in [0.1, 0.15) is 50.0 Å². The third-order valence-corrected chi connectivity index (χ3v) is 3.11. The monoisotopic (exact) mass is 307 g/mol. The average Bonchev–Trinajstić information content (AvgIpc) is 2.44. The van der Waals surface area contributed by atoms with E-state index in [4.69, 9.17) is 9.84 Å². The van der Waals surface area contributed by atoms with Crippen LogP contribution in [0.5, 0.6) is 0 Å². The number of benzene rings is 1. The highest BCUT2D eigenvalue weighted by Crippen LogP contribution is 2.09. The minimum atomic E-state index is -1.01. The molecule has 1 aromatic carbocycles. The van der Waals surface area contributed by atoms with E-state index < -0.39 is 12.0 Å². The molecule has 1 aromatic rings. The van der Waals surface area contributed by atoms with Gasteiger partial charge in [0, 0.05) is 5.56 Å². The SMILES string of the molecule is CC(C)CC(NC(=O)c1ccc(COC(C)C)cc1)C(=O)O. The zero-order valence-electron chi connectivity index (χ0n) is 13.6. The van der Waals surface area contributed by atoms with E-state index in [-0.39, 0.29) is 17.9 Å². The van der Waals surface area contributed by atoms with Crippen LogP contribution < -0.4 is 5.32 Å². The Kier molecular flexibility index (Phi) is 7.05. The van der Waals surface area contributed by atoms with Crippen LogP contribution in [0.4, 0.5) is 0 Å². The van der Waals surface area contributed by atoms with Crippen molar-refractivity contribution in [3.8, 4) is 0 Å². The van der Waals surface area contributed by atoms with Crippen molar-refractivity contribution < 1.29 is 19.4 Å². The van der Waals surface area contributed by atoms with Gasteiger partial charge >= 0.3 is 5.97 Å².